The maximum absolute atomic E-state index is 15.6. The molecular weight excluding hydrogens is 333 g/mol. The largest absolute Gasteiger partial charge is 0.484 e. The van der Waals surface area contributed by atoms with E-state index < -0.39 is 0 Å². The molecule has 3 aliphatic rings. The van der Waals surface area contributed by atoms with Crippen LogP contribution in [0, 0.1) is 17.7 Å². The van der Waals surface area contributed by atoms with Crippen LogP contribution in [0.1, 0.15) is 56.1 Å². The van der Waals surface area contributed by atoms with Crippen molar-refractivity contribution < 1.29 is 18.7 Å². The minimum Gasteiger partial charge on any atom is -0.484 e. The third kappa shape index (κ3) is 3.11. The van der Waals surface area contributed by atoms with Gasteiger partial charge in [-0.3, -0.25) is 4.79 Å². The van der Waals surface area contributed by atoms with E-state index in [4.69, 9.17) is 9.47 Å². The summed E-state index contributed by atoms with van der Waals surface area (Å²) in [6.07, 6.45) is 5.72. The summed E-state index contributed by atoms with van der Waals surface area (Å²) in [5, 5.41) is 3.36. The molecule has 4 nitrogen and oxygen atoms in total. The maximum Gasteiger partial charge on any atom is 0.309 e. The third-order valence-corrected chi connectivity index (χ3v) is 6.49. The molecule has 142 valence electrons. The van der Waals surface area contributed by atoms with Gasteiger partial charge in [0.05, 0.1) is 13.0 Å². The molecule has 2 atom stereocenters. The molecular formula is C21H28FNO3. The zero-order chi connectivity index (χ0) is 18.3. The van der Waals surface area contributed by atoms with Crippen LogP contribution >= 0.6 is 0 Å². The average Bonchev–Trinajstić information content (AvgIpc) is 3.49. The smallest absolute Gasteiger partial charge is 0.309 e. The molecule has 0 bridgehead atoms. The van der Waals surface area contributed by atoms with E-state index in [9.17, 15) is 4.79 Å². The van der Waals surface area contributed by atoms with E-state index >= 15 is 4.39 Å². The molecule has 0 aromatic heterocycles. The van der Waals surface area contributed by atoms with Gasteiger partial charge in [-0.1, -0.05) is 19.1 Å². The highest BCUT2D eigenvalue weighted by Crippen LogP contribution is 2.50. The summed E-state index contributed by atoms with van der Waals surface area (Å²) >= 11 is 0. The fourth-order valence-electron chi connectivity index (χ4n) is 4.76. The molecule has 2 fully saturated rings. The number of carbonyl (C=O) groups excluding carboxylic acids is 1. The maximum atomic E-state index is 15.6. The van der Waals surface area contributed by atoms with Gasteiger partial charge < -0.3 is 14.8 Å². The van der Waals surface area contributed by atoms with Crippen LogP contribution < -0.4 is 10.1 Å². The number of methoxy groups -OCH3 is 1. The Morgan fingerprint density at radius 3 is 2.69 bits per heavy atom. The van der Waals surface area contributed by atoms with Gasteiger partial charge in [-0.2, -0.15) is 0 Å². The van der Waals surface area contributed by atoms with Crippen LogP contribution in [0.5, 0.6) is 5.75 Å². The second kappa shape index (κ2) is 6.84. The van der Waals surface area contributed by atoms with Gasteiger partial charge in [0.15, 0.2) is 11.6 Å². The third-order valence-electron chi connectivity index (χ3n) is 6.49. The van der Waals surface area contributed by atoms with Gasteiger partial charge in [-0.25, -0.2) is 4.39 Å². The van der Waals surface area contributed by atoms with Crippen molar-refractivity contribution in [3.05, 3.63) is 29.1 Å². The fourth-order valence-corrected chi connectivity index (χ4v) is 4.76. The van der Waals surface area contributed by atoms with Gasteiger partial charge in [0, 0.05) is 5.92 Å². The molecule has 0 unspecified atom stereocenters. The normalized spacial score (nSPS) is 23.7. The van der Waals surface area contributed by atoms with E-state index in [0.29, 0.717) is 17.2 Å². The Bertz CT molecular complexity index is 695. The van der Waals surface area contributed by atoms with E-state index in [0.717, 1.165) is 57.2 Å². The van der Waals surface area contributed by atoms with Gasteiger partial charge in [0.2, 0.25) is 0 Å². The Hall–Kier alpha value is -1.62. The first-order chi connectivity index (χ1) is 12.5. The van der Waals surface area contributed by atoms with Gasteiger partial charge in [0.1, 0.15) is 5.60 Å². The Balaban J connectivity index is 1.68. The van der Waals surface area contributed by atoms with Crippen molar-refractivity contribution in [2.24, 2.45) is 11.8 Å². The molecule has 1 saturated heterocycles. The topological polar surface area (TPSA) is 47.6 Å². The molecule has 1 saturated carbocycles. The summed E-state index contributed by atoms with van der Waals surface area (Å²) in [6, 6.07) is 3.88. The number of hydrogen-bond acceptors (Lipinski definition) is 4. The number of ether oxygens (including phenoxy) is 2. The van der Waals surface area contributed by atoms with E-state index in [1.165, 1.54) is 7.11 Å². The number of benzene rings is 1. The van der Waals surface area contributed by atoms with Crippen molar-refractivity contribution in [3.8, 4) is 5.75 Å². The minimum absolute atomic E-state index is 0.137. The highest BCUT2D eigenvalue weighted by molar-refractivity contribution is 5.73. The molecule has 0 amide bonds. The fraction of sp³-hybridized carbons (Fsp3) is 0.667. The van der Waals surface area contributed by atoms with Gasteiger partial charge in [0.25, 0.3) is 0 Å². The van der Waals surface area contributed by atoms with E-state index in [2.05, 4.69) is 5.32 Å². The minimum atomic E-state index is -0.350. The molecule has 2 aliphatic heterocycles. The lowest BCUT2D eigenvalue weighted by atomic mass is 9.80. The molecule has 1 aliphatic carbocycles. The Morgan fingerprint density at radius 2 is 2.04 bits per heavy atom. The lowest BCUT2D eigenvalue weighted by Crippen LogP contribution is -2.48. The summed E-state index contributed by atoms with van der Waals surface area (Å²) in [6.45, 7) is 3.68. The number of nitrogens with one attached hydrogen (secondary N) is 1. The number of hydrogen-bond donors (Lipinski definition) is 1. The first-order valence-electron chi connectivity index (χ1n) is 9.83. The summed E-state index contributed by atoms with van der Waals surface area (Å²) in [5.41, 5.74) is 1.34. The monoisotopic (exact) mass is 361 g/mol. The summed E-state index contributed by atoms with van der Waals surface area (Å²) in [4.78, 5) is 12.1. The van der Waals surface area contributed by atoms with Crippen LogP contribution in [-0.2, 0) is 16.0 Å². The van der Waals surface area contributed by atoms with Gasteiger partial charge in [-0.05, 0) is 68.7 Å². The molecule has 1 aromatic carbocycles. The van der Waals surface area contributed by atoms with Gasteiger partial charge in [-0.15, -0.1) is 0 Å². The molecule has 1 spiro atoms. The first kappa shape index (κ1) is 17.8. The van der Waals surface area contributed by atoms with Crippen LogP contribution in [0.15, 0.2) is 12.1 Å². The lowest BCUT2D eigenvalue weighted by Gasteiger charge is -2.42. The van der Waals surface area contributed by atoms with Crippen molar-refractivity contribution >= 4 is 5.97 Å². The molecule has 1 N–H and O–H groups in total. The van der Waals surface area contributed by atoms with Crippen LogP contribution in [-0.4, -0.2) is 31.8 Å². The Kier molecular flexibility index (Phi) is 4.68. The summed E-state index contributed by atoms with van der Waals surface area (Å²) in [7, 11) is 1.40. The quantitative estimate of drug-likeness (QED) is 0.833. The zero-order valence-electron chi connectivity index (χ0n) is 15.6. The Labute approximate surface area is 154 Å². The van der Waals surface area contributed by atoms with E-state index in [1.807, 2.05) is 19.1 Å². The summed E-state index contributed by atoms with van der Waals surface area (Å²) in [5.74, 6) is -0.229. The molecule has 0 radical (unpaired) electrons. The number of rotatable bonds is 4. The number of aryl methyl sites for hydroxylation is 1. The van der Waals surface area contributed by atoms with Crippen molar-refractivity contribution in [2.45, 2.75) is 57.0 Å². The van der Waals surface area contributed by atoms with Crippen molar-refractivity contribution in [2.75, 3.05) is 20.2 Å². The van der Waals surface area contributed by atoms with Crippen molar-refractivity contribution in [1.29, 1.82) is 0 Å². The number of fused-ring (bicyclic) bond motifs is 1. The van der Waals surface area contributed by atoms with Crippen LogP contribution in [0.25, 0.3) is 0 Å². The predicted octanol–water partition coefficient (Wildman–Crippen LogP) is 3.58. The number of esters is 1. The highest BCUT2D eigenvalue weighted by atomic mass is 19.1. The molecule has 26 heavy (non-hydrogen) atoms. The number of piperidine rings is 1. The molecule has 1 aromatic rings. The standard InChI is InChI=1S/C21H28FNO3/c1-13(20(24)25-2)17(14-3-4-14)16-6-5-15-7-8-21(9-11-23-12-10-21)26-19(15)18(16)22/h5-6,13-14,17,23H,3-4,7-12H2,1-2H3/t13-,17-/m0/s1. The number of halogens is 1. The average molecular weight is 361 g/mol. The SMILES string of the molecule is COC(=O)[C@@H](C)[C@H](c1ccc2c(c1F)OC1(CCNCC1)CC2)C1CC1. The van der Waals surface area contributed by atoms with E-state index in [1.54, 1.807) is 0 Å². The van der Waals surface area contributed by atoms with Gasteiger partial charge >= 0.3 is 5.97 Å². The second-order valence-corrected chi connectivity index (χ2v) is 8.17. The molecule has 5 heteroatoms. The Morgan fingerprint density at radius 1 is 1.31 bits per heavy atom. The first-order valence-corrected chi connectivity index (χ1v) is 9.83. The lowest BCUT2D eigenvalue weighted by molar-refractivity contribution is -0.145. The molecule has 4 rings (SSSR count). The van der Waals surface area contributed by atoms with Crippen molar-refractivity contribution in [1.82, 2.24) is 5.32 Å². The second-order valence-electron chi connectivity index (χ2n) is 8.17. The highest BCUT2D eigenvalue weighted by Gasteiger charge is 2.43. The van der Waals surface area contributed by atoms with Crippen LogP contribution in [0.2, 0.25) is 0 Å². The van der Waals surface area contributed by atoms with Crippen LogP contribution in [0.4, 0.5) is 4.39 Å². The van der Waals surface area contributed by atoms with Crippen LogP contribution in [0.3, 0.4) is 0 Å². The van der Waals surface area contributed by atoms with Crippen molar-refractivity contribution in [3.63, 3.8) is 0 Å². The molecule has 2 heterocycles. The predicted molar refractivity (Wildman–Crippen MR) is 96.8 cm³/mol. The van der Waals surface area contributed by atoms with E-state index in [-0.39, 0.29) is 29.2 Å². The zero-order valence-corrected chi connectivity index (χ0v) is 15.6. The summed E-state index contributed by atoms with van der Waals surface area (Å²) < 4.78 is 26.8. The number of carbonyl (C=O) groups is 1.